The van der Waals surface area contributed by atoms with Gasteiger partial charge in [-0.1, -0.05) is 0 Å². The third-order valence-corrected chi connectivity index (χ3v) is 7.78. The lowest BCUT2D eigenvalue weighted by atomic mass is 10.1. The quantitative estimate of drug-likeness (QED) is 0.413. The largest absolute Gasteiger partial charge is 0.573 e. The van der Waals surface area contributed by atoms with Crippen LogP contribution < -0.4 is 23.8 Å². The van der Waals surface area contributed by atoms with Crippen LogP contribution in [0.4, 0.5) is 19.0 Å². The molecule has 0 aliphatic carbocycles. The van der Waals surface area contributed by atoms with Crippen molar-refractivity contribution in [3.8, 4) is 34.3 Å². The van der Waals surface area contributed by atoms with Crippen LogP contribution in [0.5, 0.6) is 23.0 Å². The lowest BCUT2D eigenvalue weighted by molar-refractivity contribution is -0.274. The van der Waals surface area contributed by atoms with Crippen molar-refractivity contribution in [2.24, 2.45) is 0 Å². The number of benzene rings is 2. The first kappa shape index (κ1) is 27.3. The highest BCUT2D eigenvalue weighted by Gasteiger charge is 2.32. The number of aromatic nitrogens is 2. The van der Waals surface area contributed by atoms with E-state index >= 15 is 0 Å². The van der Waals surface area contributed by atoms with E-state index in [1.165, 1.54) is 25.6 Å². The molecule has 1 fully saturated rings. The number of ether oxygens (including phenoxy) is 4. The van der Waals surface area contributed by atoms with Crippen molar-refractivity contribution < 1.29 is 40.5 Å². The SMILES string of the molecule is COc1cc(-c2ccc(N3CCN(S(=O)(=O)c4ccc(OC(F)(F)F)cc4)CC3)nn2)cc(OC)c1OC. The maximum Gasteiger partial charge on any atom is 0.573 e. The number of hydrogen-bond acceptors (Lipinski definition) is 9. The van der Waals surface area contributed by atoms with E-state index in [-0.39, 0.29) is 18.0 Å². The molecule has 1 aliphatic heterocycles. The first-order valence-corrected chi connectivity index (χ1v) is 12.7. The Balaban J connectivity index is 1.43. The molecule has 0 unspecified atom stereocenters. The molecule has 0 radical (unpaired) electrons. The first-order chi connectivity index (χ1) is 18.1. The number of anilines is 1. The molecule has 0 N–H and O–H groups in total. The van der Waals surface area contributed by atoms with E-state index in [1.807, 2.05) is 4.90 Å². The third-order valence-electron chi connectivity index (χ3n) is 5.87. The van der Waals surface area contributed by atoms with Gasteiger partial charge >= 0.3 is 6.36 Å². The van der Waals surface area contributed by atoms with Gasteiger partial charge in [0.15, 0.2) is 17.3 Å². The van der Waals surface area contributed by atoms with E-state index in [0.717, 1.165) is 24.3 Å². The Bertz CT molecular complexity index is 1340. The molecule has 2 heterocycles. The van der Waals surface area contributed by atoms with Crippen LogP contribution in [0.15, 0.2) is 53.4 Å². The molecule has 0 atom stereocenters. The molecule has 1 aliphatic rings. The van der Waals surface area contributed by atoms with E-state index < -0.39 is 22.1 Å². The van der Waals surface area contributed by atoms with Crippen LogP contribution in [-0.4, -0.2) is 76.8 Å². The van der Waals surface area contributed by atoms with E-state index in [4.69, 9.17) is 14.2 Å². The molecule has 1 saturated heterocycles. The van der Waals surface area contributed by atoms with Gasteiger partial charge in [-0.2, -0.15) is 4.31 Å². The number of halogens is 3. The van der Waals surface area contributed by atoms with E-state index in [0.29, 0.717) is 47.4 Å². The molecular formula is C24H25F3N4O6S. The zero-order valence-corrected chi connectivity index (χ0v) is 21.5. The number of hydrogen-bond donors (Lipinski definition) is 0. The Hall–Kier alpha value is -3.78. The third kappa shape index (κ3) is 5.86. The predicted molar refractivity (Wildman–Crippen MR) is 131 cm³/mol. The molecule has 38 heavy (non-hydrogen) atoms. The molecular weight excluding hydrogens is 529 g/mol. The minimum atomic E-state index is -4.85. The molecule has 0 bridgehead atoms. The lowest BCUT2D eigenvalue weighted by Crippen LogP contribution is -2.49. The Morgan fingerprint density at radius 1 is 0.816 bits per heavy atom. The van der Waals surface area contributed by atoms with Gasteiger partial charge in [-0.15, -0.1) is 23.4 Å². The molecule has 14 heteroatoms. The van der Waals surface area contributed by atoms with Gasteiger partial charge in [-0.3, -0.25) is 0 Å². The van der Waals surface area contributed by atoms with Gasteiger partial charge in [0.05, 0.1) is 31.9 Å². The van der Waals surface area contributed by atoms with Crippen molar-refractivity contribution in [3.63, 3.8) is 0 Å². The fraction of sp³-hybridized carbons (Fsp3) is 0.333. The van der Waals surface area contributed by atoms with Gasteiger partial charge in [0, 0.05) is 31.7 Å². The van der Waals surface area contributed by atoms with Gasteiger partial charge in [-0.05, 0) is 48.5 Å². The predicted octanol–water partition coefficient (Wildman–Crippen LogP) is 3.58. The maximum atomic E-state index is 13.0. The van der Waals surface area contributed by atoms with Crippen molar-refractivity contribution in [1.29, 1.82) is 0 Å². The number of methoxy groups -OCH3 is 3. The summed E-state index contributed by atoms with van der Waals surface area (Å²) < 4.78 is 84.2. The number of rotatable bonds is 8. The van der Waals surface area contributed by atoms with Gasteiger partial charge in [0.25, 0.3) is 0 Å². The molecule has 2 aromatic carbocycles. The van der Waals surface area contributed by atoms with Crippen molar-refractivity contribution >= 4 is 15.8 Å². The molecule has 10 nitrogen and oxygen atoms in total. The summed E-state index contributed by atoms with van der Waals surface area (Å²) in [5.74, 6) is 1.50. The van der Waals surface area contributed by atoms with Gasteiger partial charge in [0.2, 0.25) is 15.8 Å². The number of nitrogens with zero attached hydrogens (tertiary/aromatic N) is 4. The summed E-state index contributed by atoms with van der Waals surface area (Å²) in [6, 6.07) is 11.2. The summed E-state index contributed by atoms with van der Waals surface area (Å²) in [5, 5.41) is 8.62. The first-order valence-electron chi connectivity index (χ1n) is 11.3. The van der Waals surface area contributed by atoms with Gasteiger partial charge < -0.3 is 23.8 Å². The number of sulfonamides is 1. The van der Waals surface area contributed by atoms with Crippen LogP contribution in [0, 0.1) is 0 Å². The van der Waals surface area contributed by atoms with Crippen LogP contribution >= 0.6 is 0 Å². The molecule has 204 valence electrons. The molecule has 1 aromatic heterocycles. The van der Waals surface area contributed by atoms with Gasteiger partial charge in [-0.25, -0.2) is 8.42 Å². The Morgan fingerprint density at radius 3 is 1.89 bits per heavy atom. The van der Waals surface area contributed by atoms with E-state index in [2.05, 4.69) is 14.9 Å². The van der Waals surface area contributed by atoms with Crippen LogP contribution in [0.1, 0.15) is 0 Å². The van der Waals surface area contributed by atoms with Crippen molar-refractivity contribution in [3.05, 3.63) is 48.5 Å². The smallest absolute Gasteiger partial charge is 0.493 e. The summed E-state index contributed by atoms with van der Waals surface area (Å²) in [6.07, 6.45) is -4.85. The van der Waals surface area contributed by atoms with Gasteiger partial charge in [0.1, 0.15) is 5.75 Å². The van der Waals surface area contributed by atoms with Crippen LogP contribution in [0.25, 0.3) is 11.3 Å². The van der Waals surface area contributed by atoms with E-state index in [9.17, 15) is 21.6 Å². The van der Waals surface area contributed by atoms with Crippen LogP contribution in [0.2, 0.25) is 0 Å². The Labute approximate surface area is 217 Å². The highest BCUT2D eigenvalue weighted by atomic mass is 32.2. The number of alkyl halides is 3. The average Bonchev–Trinajstić information content (AvgIpc) is 2.91. The molecule has 0 spiro atoms. The summed E-state index contributed by atoms with van der Waals surface area (Å²) in [5.41, 5.74) is 1.29. The van der Waals surface area contributed by atoms with Crippen molar-refractivity contribution in [1.82, 2.24) is 14.5 Å². The highest BCUT2D eigenvalue weighted by molar-refractivity contribution is 7.89. The fourth-order valence-corrected chi connectivity index (χ4v) is 5.42. The molecule has 0 saturated carbocycles. The Kier molecular flexibility index (Phi) is 7.83. The number of piperazine rings is 1. The molecule has 3 aromatic rings. The average molecular weight is 555 g/mol. The highest BCUT2D eigenvalue weighted by Crippen LogP contribution is 2.40. The van der Waals surface area contributed by atoms with Crippen molar-refractivity contribution in [2.45, 2.75) is 11.3 Å². The monoisotopic (exact) mass is 554 g/mol. The summed E-state index contributed by atoms with van der Waals surface area (Å²) >= 11 is 0. The lowest BCUT2D eigenvalue weighted by Gasteiger charge is -2.34. The molecule has 0 amide bonds. The van der Waals surface area contributed by atoms with Crippen molar-refractivity contribution in [2.75, 3.05) is 52.4 Å². The second kappa shape index (κ2) is 10.9. The topological polar surface area (TPSA) is 103 Å². The maximum absolute atomic E-state index is 13.0. The summed E-state index contributed by atoms with van der Waals surface area (Å²) in [4.78, 5) is 1.79. The van der Waals surface area contributed by atoms with Crippen LogP contribution in [0.3, 0.4) is 0 Å². The minimum absolute atomic E-state index is 0.116. The second-order valence-electron chi connectivity index (χ2n) is 8.10. The summed E-state index contributed by atoms with van der Waals surface area (Å²) in [7, 11) is 0.669. The minimum Gasteiger partial charge on any atom is -0.493 e. The standard InChI is InChI=1S/C24H25F3N4O6S/c1-34-20-14-16(15-21(35-2)23(20)36-3)19-8-9-22(29-28-19)30-10-12-31(13-11-30)38(32,33)18-6-4-17(5-7-18)37-24(25,26)27/h4-9,14-15H,10-13H2,1-3H3. The zero-order valence-electron chi connectivity index (χ0n) is 20.7. The second-order valence-corrected chi connectivity index (χ2v) is 10.0. The molecule has 4 rings (SSSR count). The fourth-order valence-electron chi connectivity index (χ4n) is 4.00. The Morgan fingerprint density at radius 2 is 1.42 bits per heavy atom. The van der Waals surface area contributed by atoms with E-state index in [1.54, 1.807) is 24.3 Å². The normalized spacial score (nSPS) is 14.7. The zero-order chi connectivity index (χ0) is 27.5. The van der Waals surface area contributed by atoms with Crippen LogP contribution in [-0.2, 0) is 10.0 Å². The summed E-state index contributed by atoms with van der Waals surface area (Å²) in [6.45, 7) is 1.04.